The third kappa shape index (κ3) is 2.37. The van der Waals surface area contributed by atoms with E-state index in [1.165, 1.54) is 19.3 Å². The second-order valence-electron chi connectivity index (χ2n) is 4.99. The van der Waals surface area contributed by atoms with Gasteiger partial charge in [0, 0.05) is 13.1 Å². The smallest absolute Gasteiger partial charge is 0.298 e. The van der Waals surface area contributed by atoms with E-state index in [1.807, 2.05) is 30.7 Å². The number of hydrogen-bond acceptors (Lipinski definition) is 4. The number of hydrogen-bond donors (Lipinski definition) is 0. The zero-order chi connectivity index (χ0) is 13.2. The van der Waals surface area contributed by atoms with Crippen molar-refractivity contribution < 1.29 is 9.47 Å². The molecule has 102 valence electrons. The van der Waals surface area contributed by atoms with Crippen LogP contribution in [0.15, 0.2) is 12.1 Å². The van der Waals surface area contributed by atoms with Crippen molar-refractivity contribution in [2.45, 2.75) is 26.2 Å². The molecule has 0 saturated heterocycles. The zero-order valence-corrected chi connectivity index (χ0v) is 11.4. The lowest BCUT2D eigenvalue weighted by Gasteiger charge is -2.24. The fourth-order valence-electron chi connectivity index (χ4n) is 2.23. The lowest BCUT2D eigenvalue weighted by atomic mass is 9.86. The third-order valence-electron chi connectivity index (χ3n) is 3.61. The lowest BCUT2D eigenvalue weighted by molar-refractivity contribution is 0.176. The number of fused-ring (bicyclic) bond motifs is 1. The van der Waals surface area contributed by atoms with Crippen LogP contribution in [0.2, 0.25) is 0 Å². The highest BCUT2D eigenvalue weighted by molar-refractivity contribution is 5.72. The number of imidazole rings is 1. The minimum atomic E-state index is 0.598. The van der Waals surface area contributed by atoms with Crippen LogP contribution in [0.25, 0.3) is 11.2 Å². The molecule has 1 aliphatic rings. The van der Waals surface area contributed by atoms with E-state index in [0.29, 0.717) is 24.4 Å². The third-order valence-corrected chi connectivity index (χ3v) is 3.61. The molecule has 19 heavy (non-hydrogen) atoms. The van der Waals surface area contributed by atoms with E-state index in [-0.39, 0.29) is 0 Å². The Hall–Kier alpha value is -1.78. The summed E-state index contributed by atoms with van der Waals surface area (Å²) >= 11 is 0. The van der Waals surface area contributed by atoms with Crippen molar-refractivity contribution in [2.75, 3.05) is 13.2 Å². The molecular weight excluding hydrogens is 242 g/mol. The SMILES string of the molecule is CCOc1nc2ccc(OCC3CCC3)nc2n1C. The van der Waals surface area contributed by atoms with Crippen molar-refractivity contribution in [3.63, 3.8) is 0 Å². The highest BCUT2D eigenvalue weighted by atomic mass is 16.5. The topological polar surface area (TPSA) is 49.2 Å². The monoisotopic (exact) mass is 261 g/mol. The Morgan fingerprint density at radius 1 is 1.26 bits per heavy atom. The summed E-state index contributed by atoms with van der Waals surface area (Å²) in [6.45, 7) is 3.32. The number of aromatic nitrogens is 3. The van der Waals surface area contributed by atoms with Gasteiger partial charge in [-0.05, 0) is 31.7 Å². The first kappa shape index (κ1) is 12.3. The van der Waals surface area contributed by atoms with Crippen LogP contribution in [0.1, 0.15) is 26.2 Å². The van der Waals surface area contributed by atoms with Crippen LogP contribution in [0.5, 0.6) is 11.9 Å². The fraction of sp³-hybridized carbons (Fsp3) is 0.571. The van der Waals surface area contributed by atoms with Crippen molar-refractivity contribution >= 4 is 11.2 Å². The molecule has 0 unspecified atom stereocenters. The van der Waals surface area contributed by atoms with Crippen LogP contribution in [0.4, 0.5) is 0 Å². The molecule has 0 N–H and O–H groups in total. The molecule has 0 aliphatic heterocycles. The van der Waals surface area contributed by atoms with Gasteiger partial charge < -0.3 is 9.47 Å². The van der Waals surface area contributed by atoms with Crippen LogP contribution in [-0.2, 0) is 7.05 Å². The maximum Gasteiger partial charge on any atom is 0.298 e. The van der Waals surface area contributed by atoms with E-state index in [1.54, 1.807) is 0 Å². The number of pyridine rings is 1. The molecular formula is C14H19N3O2. The summed E-state index contributed by atoms with van der Waals surface area (Å²) in [6, 6.07) is 4.41. The number of ether oxygens (including phenoxy) is 2. The molecule has 0 spiro atoms. The first-order valence-electron chi connectivity index (χ1n) is 6.87. The molecule has 1 fully saturated rings. The second kappa shape index (κ2) is 5.07. The van der Waals surface area contributed by atoms with Gasteiger partial charge in [0.1, 0.15) is 5.52 Å². The summed E-state index contributed by atoms with van der Waals surface area (Å²) < 4.78 is 13.1. The van der Waals surface area contributed by atoms with Gasteiger partial charge in [0.25, 0.3) is 6.01 Å². The molecule has 0 radical (unpaired) electrons. The van der Waals surface area contributed by atoms with Crippen LogP contribution in [0.3, 0.4) is 0 Å². The van der Waals surface area contributed by atoms with E-state index in [4.69, 9.17) is 9.47 Å². The molecule has 5 heteroatoms. The Bertz CT molecular complexity index is 575. The molecule has 0 aromatic carbocycles. The minimum absolute atomic E-state index is 0.598. The molecule has 1 saturated carbocycles. The van der Waals surface area contributed by atoms with Gasteiger partial charge in [-0.3, -0.25) is 4.57 Å². The molecule has 2 heterocycles. The van der Waals surface area contributed by atoms with E-state index in [2.05, 4.69) is 9.97 Å². The fourth-order valence-corrected chi connectivity index (χ4v) is 2.23. The Morgan fingerprint density at radius 2 is 2.11 bits per heavy atom. The van der Waals surface area contributed by atoms with Gasteiger partial charge in [0.05, 0.1) is 13.2 Å². The number of rotatable bonds is 5. The Kier molecular flexibility index (Phi) is 3.27. The van der Waals surface area contributed by atoms with Crippen LogP contribution < -0.4 is 9.47 Å². The molecule has 2 aromatic heterocycles. The maximum absolute atomic E-state index is 5.75. The van der Waals surface area contributed by atoms with Gasteiger partial charge in [-0.2, -0.15) is 9.97 Å². The molecule has 3 rings (SSSR count). The Balaban J connectivity index is 1.80. The van der Waals surface area contributed by atoms with Crippen LogP contribution >= 0.6 is 0 Å². The Labute approximate surface area is 112 Å². The largest absolute Gasteiger partial charge is 0.477 e. The minimum Gasteiger partial charge on any atom is -0.477 e. The normalized spacial score (nSPS) is 15.5. The van der Waals surface area contributed by atoms with Gasteiger partial charge in [-0.25, -0.2) is 0 Å². The molecule has 2 aromatic rings. The van der Waals surface area contributed by atoms with Gasteiger partial charge in [0.15, 0.2) is 5.65 Å². The highest BCUT2D eigenvalue weighted by Crippen LogP contribution is 2.27. The van der Waals surface area contributed by atoms with E-state index in [9.17, 15) is 0 Å². The van der Waals surface area contributed by atoms with E-state index >= 15 is 0 Å². The first-order valence-corrected chi connectivity index (χ1v) is 6.87. The van der Waals surface area contributed by atoms with Crippen LogP contribution in [0, 0.1) is 5.92 Å². The standard InChI is InChI=1S/C14H19N3O2/c1-3-18-14-15-11-7-8-12(16-13(11)17(14)2)19-9-10-5-4-6-10/h7-8,10H,3-6,9H2,1-2H3. The predicted octanol–water partition coefficient (Wildman–Crippen LogP) is 2.55. The predicted molar refractivity (Wildman–Crippen MR) is 72.5 cm³/mol. The summed E-state index contributed by atoms with van der Waals surface area (Å²) in [5, 5.41) is 0. The molecule has 0 atom stereocenters. The number of nitrogens with zero attached hydrogens (tertiary/aromatic N) is 3. The van der Waals surface area contributed by atoms with Crippen molar-refractivity contribution in [3.8, 4) is 11.9 Å². The maximum atomic E-state index is 5.75. The molecule has 5 nitrogen and oxygen atoms in total. The van der Waals surface area contributed by atoms with Gasteiger partial charge in [0.2, 0.25) is 5.88 Å². The van der Waals surface area contributed by atoms with Crippen molar-refractivity contribution in [3.05, 3.63) is 12.1 Å². The zero-order valence-electron chi connectivity index (χ0n) is 11.4. The van der Waals surface area contributed by atoms with Gasteiger partial charge in [-0.15, -0.1) is 0 Å². The average Bonchev–Trinajstić information content (AvgIpc) is 2.66. The summed E-state index contributed by atoms with van der Waals surface area (Å²) in [5.74, 6) is 1.38. The van der Waals surface area contributed by atoms with E-state index in [0.717, 1.165) is 17.8 Å². The molecule has 0 bridgehead atoms. The number of aryl methyl sites for hydroxylation is 1. The van der Waals surface area contributed by atoms with Gasteiger partial charge in [-0.1, -0.05) is 6.42 Å². The highest BCUT2D eigenvalue weighted by Gasteiger charge is 2.18. The van der Waals surface area contributed by atoms with Crippen molar-refractivity contribution in [2.24, 2.45) is 13.0 Å². The lowest BCUT2D eigenvalue weighted by Crippen LogP contribution is -2.19. The summed E-state index contributed by atoms with van der Waals surface area (Å²) in [5.41, 5.74) is 1.64. The molecule has 0 amide bonds. The van der Waals surface area contributed by atoms with Crippen molar-refractivity contribution in [1.82, 2.24) is 14.5 Å². The van der Waals surface area contributed by atoms with Crippen molar-refractivity contribution in [1.29, 1.82) is 0 Å². The summed E-state index contributed by atoms with van der Waals surface area (Å²) in [6.07, 6.45) is 3.89. The van der Waals surface area contributed by atoms with E-state index < -0.39 is 0 Å². The quantitative estimate of drug-likeness (QED) is 0.830. The van der Waals surface area contributed by atoms with Gasteiger partial charge >= 0.3 is 0 Å². The average molecular weight is 261 g/mol. The van der Waals surface area contributed by atoms with Crippen LogP contribution in [-0.4, -0.2) is 27.7 Å². The summed E-state index contributed by atoms with van der Waals surface area (Å²) in [4.78, 5) is 8.89. The Morgan fingerprint density at radius 3 is 2.79 bits per heavy atom. The summed E-state index contributed by atoms with van der Waals surface area (Å²) in [7, 11) is 1.91. The first-order chi connectivity index (χ1) is 9.28. The second-order valence-corrected chi connectivity index (χ2v) is 4.99. The molecule has 1 aliphatic carbocycles.